The Morgan fingerprint density at radius 2 is 1.95 bits per heavy atom. The number of allylic oxidation sites excluding steroid dienone is 1. The number of esters is 1. The van der Waals surface area contributed by atoms with Crippen molar-refractivity contribution in [3.05, 3.63) is 41.5 Å². The maximum absolute atomic E-state index is 11.5. The summed E-state index contributed by atoms with van der Waals surface area (Å²) in [6.45, 7) is 3.78. The number of ether oxygens (including phenoxy) is 2. The van der Waals surface area contributed by atoms with Crippen LogP contribution in [0.25, 0.3) is 6.08 Å². The number of carbonyl (C=O) groups excluding carboxylic acids is 1. The van der Waals surface area contributed by atoms with Gasteiger partial charge in [0.25, 0.3) is 0 Å². The fraction of sp³-hybridized carbons (Fsp3) is 0.400. The molecule has 0 fully saturated rings. The van der Waals surface area contributed by atoms with Gasteiger partial charge in [-0.3, -0.25) is 0 Å². The molecule has 0 amide bonds. The lowest BCUT2D eigenvalue weighted by Gasteiger charge is -2.22. The molecule has 1 aromatic carbocycles. The first kappa shape index (κ1) is 15.9. The molecule has 0 aliphatic rings. The second-order valence-corrected chi connectivity index (χ2v) is 5.24. The number of hydrogen-bond acceptors (Lipinski definition) is 3. The zero-order valence-corrected chi connectivity index (χ0v) is 13.1. The Bertz CT molecular complexity index is 435. The highest BCUT2D eigenvalue weighted by molar-refractivity contribution is 9.09. The highest BCUT2D eigenvalue weighted by Crippen LogP contribution is 2.15. The largest absolute Gasteiger partial charge is 0.467 e. The second-order valence-electron chi connectivity index (χ2n) is 4.59. The average Bonchev–Trinajstić information content (AvgIpc) is 2.43. The highest BCUT2D eigenvalue weighted by Gasteiger charge is 2.29. The Hall–Kier alpha value is -1.13. The predicted molar refractivity (Wildman–Crippen MR) is 80.2 cm³/mol. The van der Waals surface area contributed by atoms with E-state index in [4.69, 9.17) is 4.74 Å². The Labute approximate surface area is 122 Å². The molecule has 0 unspecified atom stereocenters. The Balaban J connectivity index is 2.59. The lowest BCUT2D eigenvalue weighted by Crippen LogP contribution is -2.35. The van der Waals surface area contributed by atoms with Crippen molar-refractivity contribution in [2.24, 2.45) is 0 Å². The normalized spacial score (nSPS) is 11.8. The van der Waals surface area contributed by atoms with Crippen molar-refractivity contribution in [2.75, 3.05) is 12.4 Å². The van der Waals surface area contributed by atoms with E-state index in [1.807, 2.05) is 36.4 Å². The van der Waals surface area contributed by atoms with E-state index >= 15 is 0 Å². The van der Waals surface area contributed by atoms with Crippen LogP contribution in [0.1, 0.15) is 25.0 Å². The van der Waals surface area contributed by atoms with Crippen molar-refractivity contribution < 1.29 is 14.3 Å². The summed E-state index contributed by atoms with van der Waals surface area (Å²) in [5.74, 6) is -0.371. The third kappa shape index (κ3) is 5.17. The van der Waals surface area contributed by atoms with Gasteiger partial charge in [-0.25, -0.2) is 4.79 Å². The highest BCUT2D eigenvalue weighted by atomic mass is 79.9. The number of benzene rings is 1. The molecule has 0 aromatic heterocycles. The molecule has 0 N–H and O–H groups in total. The number of hydrogen-bond donors (Lipinski definition) is 0. The molecule has 0 saturated carbocycles. The summed E-state index contributed by atoms with van der Waals surface area (Å²) in [7, 11) is 1.36. The summed E-state index contributed by atoms with van der Waals surface area (Å²) in [6, 6.07) is 8.01. The molecule has 0 bridgehead atoms. The fourth-order valence-corrected chi connectivity index (χ4v) is 1.66. The van der Waals surface area contributed by atoms with Gasteiger partial charge in [-0.1, -0.05) is 52.3 Å². The lowest BCUT2D eigenvalue weighted by molar-refractivity contribution is -0.166. The Morgan fingerprint density at radius 3 is 2.47 bits per heavy atom. The van der Waals surface area contributed by atoms with Crippen molar-refractivity contribution in [2.45, 2.75) is 26.1 Å². The van der Waals surface area contributed by atoms with Crippen molar-refractivity contribution in [1.29, 1.82) is 0 Å². The van der Waals surface area contributed by atoms with Gasteiger partial charge in [-0.05, 0) is 25.0 Å². The van der Waals surface area contributed by atoms with Crippen LogP contribution in [0.15, 0.2) is 30.3 Å². The minimum Gasteiger partial charge on any atom is -0.467 e. The van der Waals surface area contributed by atoms with Crippen LogP contribution in [0.3, 0.4) is 0 Å². The number of rotatable bonds is 6. The van der Waals surface area contributed by atoms with Crippen LogP contribution < -0.4 is 0 Å². The molecule has 4 heteroatoms. The van der Waals surface area contributed by atoms with Gasteiger partial charge in [0.2, 0.25) is 0 Å². The summed E-state index contributed by atoms with van der Waals surface area (Å²) >= 11 is 3.34. The topological polar surface area (TPSA) is 35.5 Å². The number of halogens is 1. The molecular weight excluding hydrogens is 308 g/mol. The zero-order valence-electron chi connectivity index (χ0n) is 11.5. The van der Waals surface area contributed by atoms with E-state index < -0.39 is 5.60 Å². The van der Waals surface area contributed by atoms with Crippen LogP contribution in [-0.4, -0.2) is 24.0 Å². The first-order valence-electron chi connectivity index (χ1n) is 6.03. The van der Waals surface area contributed by atoms with Crippen molar-refractivity contribution in [3.8, 4) is 0 Å². The molecule has 0 spiro atoms. The summed E-state index contributed by atoms with van der Waals surface area (Å²) in [4.78, 5) is 11.5. The molecule has 0 saturated heterocycles. The third-order valence-corrected chi connectivity index (χ3v) is 3.03. The standard InChI is InChI=1S/C15H19BrO3/c1-15(2,14(17)18-3)19-11-13-8-6-12(7-9-13)5-4-10-16/h4-9H,10-11H2,1-3H3. The van der Waals surface area contributed by atoms with E-state index in [1.54, 1.807) is 13.8 Å². The van der Waals surface area contributed by atoms with Gasteiger partial charge in [0.1, 0.15) is 0 Å². The molecule has 3 nitrogen and oxygen atoms in total. The van der Waals surface area contributed by atoms with E-state index in [2.05, 4.69) is 20.7 Å². The van der Waals surface area contributed by atoms with Crippen LogP contribution in [0.4, 0.5) is 0 Å². The van der Waals surface area contributed by atoms with Crippen LogP contribution in [0.2, 0.25) is 0 Å². The van der Waals surface area contributed by atoms with Gasteiger partial charge in [0.15, 0.2) is 5.60 Å². The maximum atomic E-state index is 11.5. The monoisotopic (exact) mass is 326 g/mol. The van der Waals surface area contributed by atoms with Gasteiger partial charge < -0.3 is 9.47 Å². The van der Waals surface area contributed by atoms with Crippen LogP contribution in [-0.2, 0) is 20.9 Å². The van der Waals surface area contributed by atoms with Gasteiger partial charge >= 0.3 is 5.97 Å². The molecule has 1 aromatic rings. The van der Waals surface area contributed by atoms with Gasteiger partial charge in [-0.15, -0.1) is 0 Å². The molecule has 19 heavy (non-hydrogen) atoms. The molecule has 1 rings (SSSR count). The zero-order chi connectivity index (χ0) is 14.3. The quantitative estimate of drug-likeness (QED) is 0.592. The minimum atomic E-state index is -0.927. The van der Waals surface area contributed by atoms with Crippen LogP contribution in [0.5, 0.6) is 0 Å². The molecule has 0 atom stereocenters. The van der Waals surface area contributed by atoms with Crippen LogP contribution >= 0.6 is 15.9 Å². The van der Waals surface area contributed by atoms with Gasteiger partial charge in [0.05, 0.1) is 13.7 Å². The maximum Gasteiger partial charge on any atom is 0.337 e. The molecule has 104 valence electrons. The summed E-state index contributed by atoms with van der Waals surface area (Å²) in [6.07, 6.45) is 4.07. The summed E-state index contributed by atoms with van der Waals surface area (Å²) < 4.78 is 10.3. The first-order valence-corrected chi connectivity index (χ1v) is 7.15. The van der Waals surface area contributed by atoms with Crippen molar-refractivity contribution >= 4 is 28.0 Å². The Morgan fingerprint density at radius 1 is 1.32 bits per heavy atom. The van der Waals surface area contributed by atoms with E-state index in [0.29, 0.717) is 6.61 Å². The van der Waals surface area contributed by atoms with Gasteiger partial charge in [-0.2, -0.15) is 0 Å². The smallest absolute Gasteiger partial charge is 0.337 e. The van der Waals surface area contributed by atoms with Crippen molar-refractivity contribution in [1.82, 2.24) is 0 Å². The van der Waals surface area contributed by atoms with E-state index in [1.165, 1.54) is 7.11 Å². The molecular formula is C15H19BrO3. The molecule has 0 aliphatic carbocycles. The fourth-order valence-electron chi connectivity index (χ4n) is 1.47. The van der Waals surface area contributed by atoms with Crippen molar-refractivity contribution in [3.63, 3.8) is 0 Å². The number of carbonyl (C=O) groups is 1. The predicted octanol–water partition coefficient (Wildman–Crippen LogP) is 3.56. The first-order chi connectivity index (χ1) is 8.99. The molecule has 0 aliphatic heterocycles. The molecule has 0 heterocycles. The van der Waals surface area contributed by atoms with Gasteiger partial charge in [0, 0.05) is 5.33 Å². The number of alkyl halides is 1. The van der Waals surface area contributed by atoms with E-state index in [-0.39, 0.29) is 5.97 Å². The second kappa shape index (κ2) is 7.46. The minimum absolute atomic E-state index is 0.371. The third-order valence-electron chi connectivity index (χ3n) is 2.66. The average molecular weight is 327 g/mol. The van der Waals surface area contributed by atoms with Crippen LogP contribution in [0, 0.1) is 0 Å². The Kier molecular flexibility index (Phi) is 6.25. The summed E-state index contributed by atoms with van der Waals surface area (Å²) in [5.41, 5.74) is 1.23. The summed E-state index contributed by atoms with van der Waals surface area (Å²) in [5, 5.41) is 0.838. The molecule has 0 radical (unpaired) electrons. The lowest BCUT2D eigenvalue weighted by atomic mass is 10.1. The van der Waals surface area contributed by atoms with E-state index in [0.717, 1.165) is 16.5 Å². The number of methoxy groups -OCH3 is 1. The van der Waals surface area contributed by atoms with E-state index in [9.17, 15) is 4.79 Å². The SMILES string of the molecule is COC(=O)C(C)(C)OCc1ccc(C=CCBr)cc1.